The number of alkyl halides is 3. The maximum atomic E-state index is 13.2. The van der Waals surface area contributed by atoms with Crippen molar-refractivity contribution in [2.24, 2.45) is 0 Å². The Morgan fingerprint density at radius 1 is 1.00 bits per heavy atom. The van der Waals surface area contributed by atoms with Crippen molar-refractivity contribution < 1.29 is 22.7 Å². The predicted molar refractivity (Wildman–Crippen MR) is 135 cm³/mol. The van der Waals surface area contributed by atoms with Gasteiger partial charge in [0.15, 0.2) is 5.11 Å². The van der Waals surface area contributed by atoms with E-state index in [1.165, 1.54) is 17.8 Å². The standard InChI is InChI=1S/C23H19ClF3N3O2S2/c1-32-20-8-3-2-7-19(20)30-22(33)28-15-5-4-6-16(12-15)34-13-21(31)29-18-10-9-14(24)11-17(18)23(25,26)27/h2-12H,13H2,1H3,(H,29,31)(H2,28,30,33). The summed E-state index contributed by atoms with van der Waals surface area (Å²) in [5.41, 5.74) is 0.0336. The molecule has 178 valence electrons. The molecule has 0 aliphatic heterocycles. The number of halogens is 4. The van der Waals surface area contributed by atoms with E-state index < -0.39 is 17.6 Å². The molecule has 3 aromatic rings. The summed E-state index contributed by atoms with van der Waals surface area (Å²) in [4.78, 5) is 13.0. The Morgan fingerprint density at radius 2 is 1.76 bits per heavy atom. The normalized spacial score (nSPS) is 11.0. The Bertz CT molecular complexity index is 1190. The molecule has 11 heteroatoms. The zero-order valence-electron chi connectivity index (χ0n) is 17.7. The van der Waals surface area contributed by atoms with Gasteiger partial charge in [-0.25, -0.2) is 0 Å². The summed E-state index contributed by atoms with van der Waals surface area (Å²) in [6.45, 7) is 0. The van der Waals surface area contributed by atoms with Gasteiger partial charge in [-0.15, -0.1) is 11.8 Å². The van der Waals surface area contributed by atoms with Crippen LogP contribution in [0.5, 0.6) is 5.75 Å². The second kappa shape index (κ2) is 11.5. The molecule has 0 saturated carbocycles. The second-order valence-electron chi connectivity index (χ2n) is 6.83. The van der Waals surface area contributed by atoms with Crippen LogP contribution in [-0.4, -0.2) is 23.9 Å². The van der Waals surface area contributed by atoms with Crippen molar-refractivity contribution in [3.8, 4) is 5.75 Å². The SMILES string of the molecule is COc1ccccc1NC(=S)Nc1cccc(SCC(=O)Nc2ccc(Cl)cc2C(F)(F)F)c1. The highest BCUT2D eigenvalue weighted by Crippen LogP contribution is 2.36. The zero-order chi connectivity index (χ0) is 24.7. The first-order chi connectivity index (χ1) is 16.2. The Balaban J connectivity index is 1.59. The molecule has 0 aromatic heterocycles. The maximum absolute atomic E-state index is 13.2. The Morgan fingerprint density at radius 3 is 2.50 bits per heavy atom. The molecule has 0 radical (unpaired) electrons. The number of nitrogens with one attached hydrogen (secondary N) is 3. The number of amides is 1. The van der Waals surface area contributed by atoms with Gasteiger partial charge in [0.1, 0.15) is 5.75 Å². The summed E-state index contributed by atoms with van der Waals surface area (Å²) in [7, 11) is 1.56. The number of thioether (sulfide) groups is 1. The van der Waals surface area contributed by atoms with Gasteiger partial charge in [-0.2, -0.15) is 13.2 Å². The first-order valence-electron chi connectivity index (χ1n) is 9.76. The number of carbonyl (C=O) groups is 1. The van der Waals surface area contributed by atoms with Crippen LogP contribution in [0, 0.1) is 0 Å². The molecule has 34 heavy (non-hydrogen) atoms. The maximum Gasteiger partial charge on any atom is 0.418 e. The van der Waals surface area contributed by atoms with Crippen molar-refractivity contribution >= 4 is 63.7 Å². The quantitative estimate of drug-likeness (QED) is 0.230. The van der Waals surface area contributed by atoms with E-state index in [4.69, 9.17) is 28.6 Å². The van der Waals surface area contributed by atoms with Crippen molar-refractivity contribution in [1.29, 1.82) is 0 Å². The lowest BCUT2D eigenvalue weighted by atomic mass is 10.1. The van der Waals surface area contributed by atoms with Crippen LogP contribution in [0.1, 0.15) is 5.56 Å². The minimum Gasteiger partial charge on any atom is -0.495 e. The highest BCUT2D eigenvalue weighted by atomic mass is 35.5. The van der Waals surface area contributed by atoms with E-state index in [2.05, 4.69) is 16.0 Å². The number of methoxy groups -OCH3 is 1. The number of anilines is 3. The van der Waals surface area contributed by atoms with Gasteiger partial charge in [-0.1, -0.05) is 29.8 Å². The minimum absolute atomic E-state index is 0.0675. The van der Waals surface area contributed by atoms with Crippen LogP contribution in [0.4, 0.5) is 30.2 Å². The number of hydrogen-bond acceptors (Lipinski definition) is 4. The smallest absolute Gasteiger partial charge is 0.418 e. The van der Waals surface area contributed by atoms with Crippen LogP contribution in [0.15, 0.2) is 71.6 Å². The number of rotatable bonds is 7. The Hall–Kier alpha value is -2.95. The predicted octanol–water partition coefficient (Wildman–Crippen LogP) is 6.91. The summed E-state index contributed by atoms with van der Waals surface area (Å²) in [6, 6.07) is 17.6. The fraction of sp³-hybridized carbons (Fsp3) is 0.130. The van der Waals surface area contributed by atoms with E-state index in [1.807, 2.05) is 18.2 Å². The Labute approximate surface area is 209 Å². The number of carbonyl (C=O) groups excluding carboxylic acids is 1. The van der Waals surface area contributed by atoms with Crippen LogP contribution < -0.4 is 20.7 Å². The monoisotopic (exact) mass is 525 g/mol. The largest absolute Gasteiger partial charge is 0.495 e. The molecule has 0 aliphatic rings. The Kier molecular flexibility index (Phi) is 8.65. The summed E-state index contributed by atoms with van der Waals surface area (Å²) in [5.74, 6) is -0.0336. The van der Waals surface area contributed by atoms with Gasteiger partial charge in [-0.05, 0) is 60.7 Å². The second-order valence-corrected chi connectivity index (χ2v) is 8.73. The number of hydrogen-bond donors (Lipinski definition) is 3. The average Bonchev–Trinajstić information content (AvgIpc) is 2.79. The van der Waals surface area contributed by atoms with Gasteiger partial charge in [0, 0.05) is 15.6 Å². The molecule has 3 N–H and O–H groups in total. The van der Waals surface area contributed by atoms with Crippen LogP contribution >= 0.6 is 35.6 Å². The molecule has 3 aromatic carbocycles. The number of para-hydroxylation sites is 2. The molecule has 0 aliphatic carbocycles. The van der Waals surface area contributed by atoms with Gasteiger partial charge < -0.3 is 20.7 Å². The lowest BCUT2D eigenvalue weighted by Crippen LogP contribution is -2.19. The third-order valence-corrected chi connectivity index (χ3v) is 5.81. The molecule has 0 bridgehead atoms. The highest BCUT2D eigenvalue weighted by Gasteiger charge is 2.34. The van der Waals surface area contributed by atoms with Crippen LogP contribution in [0.2, 0.25) is 5.02 Å². The summed E-state index contributed by atoms with van der Waals surface area (Å²) in [6.07, 6.45) is -4.64. The first-order valence-corrected chi connectivity index (χ1v) is 11.5. The lowest BCUT2D eigenvalue weighted by molar-refractivity contribution is -0.137. The fourth-order valence-electron chi connectivity index (χ4n) is 2.89. The number of thiocarbonyl (C=S) groups is 1. The third-order valence-electron chi connectivity index (χ3n) is 4.38. The molecule has 0 saturated heterocycles. The van der Waals surface area contributed by atoms with Crippen LogP contribution in [0.3, 0.4) is 0 Å². The van der Waals surface area contributed by atoms with Crippen molar-refractivity contribution in [2.75, 3.05) is 28.8 Å². The van der Waals surface area contributed by atoms with Gasteiger partial charge in [0.25, 0.3) is 0 Å². The van der Waals surface area contributed by atoms with Crippen molar-refractivity contribution in [2.45, 2.75) is 11.1 Å². The fourth-order valence-corrected chi connectivity index (χ4v) is 4.05. The van der Waals surface area contributed by atoms with E-state index >= 15 is 0 Å². The molecule has 0 heterocycles. The van der Waals surface area contributed by atoms with E-state index in [-0.39, 0.29) is 16.5 Å². The minimum atomic E-state index is -4.64. The van der Waals surface area contributed by atoms with E-state index in [9.17, 15) is 18.0 Å². The average molecular weight is 526 g/mol. The lowest BCUT2D eigenvalue weighted by Gasteiger charge is -2.14. The van der Waals surface area contributed by atoms with Crippen LogP contribution in [0.25, 0.3) is 0 Å². The molecule has 0 atom stereocenters. The molecule has 1 amide bonds. The third kappa shape index (κ3) is 7.28. The van der Waals surface area contributed by atoms with E-state index in [0.717, 1.165) is 17.0 Å². The summed E-state index contributed by atoms with van der Waals surface area (Å²) >= 11 is 12.2. The number of benzene rings is 3. The van der Waals surface area contributed by atoms with Gasteiger partial charge in [0.2, 0.25) is 5.91 Å². The molecular formula is C23H19ClF3N3O2S2. The first kappa shape index (κ1) is 25.7. The summed E-state index contributed by atoms with van der Waals surface area (Å²) < 4.78 is 44.9. The molecular weight excluding hydrogens is 507 g/mol. The molecule has 5 nitrogen and oxygen atoms in total. The van der Waals surface area contributed by atoms with Gasteiger partial charge in [0.05, 0.1) is 29.8 Å². The van der Waals surface area contributed by atoms with Crippen molar-refractivity contribution in [3.05, 3.63) is 77.3 Å². The summed E-state index contributed by atoms with van der Waals surface area (Å²) in [5, 5.41) is 8.68. The number of ether oxygens (including phenoxy) is 1. The molecule has 0 fully saturated rings. The topological polar surface area (TPSA) is 62.4 Å². The van der Waals surface area contributed by atoms with Crippen molar-refractivity contribution in [3.63, 3.8) is 0 Å². The van der Waals surface area contributed by atoms with E-state index in [0.29, 0.717) is 22.2 Å². The zero-order valence-corrected chi connectivity index (χ0v) is 20.1. The molecule has 0 unspecified atom stereocenters. The molecule has 0 spiro atoms. The molecule has 3 rings (SSSR count). The highest BCUT2D eigenvalue weighted by molar-refractivity contribution is 8.00. The van der Waals surface area contributed by atoms with Gasteiger partial charge in [-0.3, -0.25) is 4.79 Å². The van der Waals surface area contributed by atoms with Gasteiger partial charge >= 0.3 is 6.18 Å². The van der Waals surface area contributed by atoms with Crippen molar-refractivity contribution in [1.82, 2.24) is 0 Å². The van der Waals surface area contributed by atoms with Crippen LogP contribution in [-0.2, 0) is 11.0 Å². The van der Waals surface area contributed by atoms with E-state index in [1.54, 1.807) is 37.4 Å².